The van der Waals surface area contributed by atoms with Crippen molar-refractivity contribution in [1.29, 1.82) is 0 Å². The minimum atomic E-state index is 0.0415. The normalized spacial score (nSPS) is 11.9. The van der Waals surface area contributed by atoms with Crippen molar-refractivity contribution < 1.29 is 4.74 Å². The highest BCUT2D eigenvalue weighted by molar-refractivity contribution is 5.28. The lowest BCUT2D eigenvalue weighted by atomic mass is 9.91. The molecule has 0 aliphatic carbocycles. The molecular formula is C17H30N2O. The molecule has 1 aromatic heterocycles. The summed E-state index contributed by atoms with van der Waals surface area (Å²) in [4.78, 5) is 4.65. The maximum Gasteiger partial charge on any atom is 0.213 e. The lowest BCUT2D eigenvalue weighted by Gasteiger charge is -2.20. The number of hydrogen-bond acceptors (Lipinski definition) is 3. The lowest BCUT2D eigenvalue weighted by Crippen LogP contribution is -2.16. The minimum Gasteiger partial charge on any atom is -0.478 e. The average Bonchev–Trinajstić information content (AvgIpc) is 2.33. The molecule has 1 heterocycles. The van der Waals surface area contributed by atoms with Gasteiger partial charge in [-0.1, -0.05) is 34.6 Å². The average molecular weight is 278 g/mol. The highest BCUT2D eigenvalue weighted by atomic mass is 16.5. The van der Waals surface area contributed by atoms with E-state index in [9.17, 15) is 0 Å². The fourth-order valence-corrected chi connectivity index (χ4v) is 1.99. The number of ether oxygens (including phenoxy) is 1. The fourth-order valence-electron chi connectivity index (χ4n) is 1.99. The molecule has 0 aliphatic rings. The summed E-state index contributed by atoms with van der Waals surface area (Å²) in [6.07, 6.45) is 2.28. The van der Waals surface area contributed by atoms with Gasteiger partial charge in [0.15, 0.2) is 0 Å². The summed E-state index contributed by atoms with van der Waals surface area (Å²) in [5, 5.41) is 3.19. The van der Waals surface area contributed by atoms with Crippen LogP contribution in [0.2, 0.25) is 0 Å². The van der Waals surface area contributed by atoms with Crippen LogP contribution in [0.15, 0.2) is 12.1 Å². The number of nitrogens with one attached hydrogen (secondary N) is 1. The number of nitrogens with zero attached hydrogens (tertiary/aromatic N) is 1. The second-order valence-electron chi connectivity index (χ2n) is 6.86. The molecule has 0 spiro atoms. The predicted molar refractivity (Wildman–Crippen MR) is 85.3 cm³/mol. The molecule has 0 aliphatic heterocycles. The van der Waals surface area contributed by atoms with Crippen molar-refractivity contribution >= 4 is 0 Å². The summed E-state index contributed by atoms with van der Waals surface area (Å²) in [5.41, 5.74) is 2.36. The number of rotatable bonds is 7. The van der Waals surface area contributed by atoms with E-state index in [4.69, 9.17) is 4.74 Å². The van der Waals surface area contributed by atoms with E-state index >= 15 is 0 Å². The molecule has 1 N–H and O–H groups in total. The maximum absolute atomic E-state index is 5.84. The molecule has 0 saturated heterocycles. The molecule has 1 rings (SSSR count). The first-order chi connectivity index (χ1) is 9.32. The quantitative estimate of drug-likeness (QED) is 0.768. The van der Waals surface area contributed by atoms with Gasteiger partial charge in [0.2, 0.25) is 5.88 Å². The van der Waals surface area contributed by atoms with Gasteiger partial charge >= 0.3 is 0 Å². The van der Waals surface area contributed by atoms with E-state index in [2.05, 4.69) is 51.0 Å². The molecule has 0 aromatic carbocycles. The van der Waals surface area contributed by atoms with Crippen molar-refractivity contribution in [1.82, 2.24) is 10.3 Å². The van der Waals surface area contributed by atoms with Crippen molar-refractivity contribution in [3.8, 4) is 5.88 Å². The van der Waals surface area contributed by atoms with Gasteiger partial charge in [-0.2, -0.15) is 0 Å². The summed E-state index contributed by atoms with van der Waals surface area (Å²) < 4.78 is 5.84. The third-order valence-corrected chi connectivity index (χ3v) is 3.19. The van der Waals surface area contributed by atoms with Gasteiger partial charge in [-0.15, -0.1) is 0 Å². The van der Waals surface area contributed by atoms with Crippen LogP contribution in [-0.4, -0.2) is 18.6 Å². The Hall–Kier alpha value is -1.09. The van der Waals surface area contributed by atoms with Crippen LogP contribution in [0.1, 0.15) is 58.7 Å². The Morgan fingerprint density at radius 1 is 1.25 bits per heavy atom. The smallest absolute Gasteiger partial charge is 0.213 e. The van der Waals surface area contributed by atoms with E-state index in [-0.39, 0.29) is 5.41 Å². The largest absolute Gasteiger partial charge is 0.478 e. The van der Waals surface area contributed by atoms with Crippen LogP contribution in [0, 0.1) is 5.92 Å². The Morgan fingerprint density at radius 3 is 2.50 bits per heavy atom. The van der Waals surface area contributed by atoms with Crippen molar-refractivity contribution in [2.75, 3.05) is 13.7 Å². The van der Waals surface area contributed by atoms with Gasteiger partial charge in [-0.25, -0.2) is 4.98 Å². The Balaban J connectivity index is 2.76. The molecule has 114 valence electrons. The van der Waals surface area contributed by atoms with E-state index in [0.29, 0.717) is 0 Å². The Kier molecular flexibility index (Phi) is 6.47. The lowest BCUT2D eigenvalue weighted by molar-refractivity contribution is 0.284. The SMILES string of the molecule is CNCc1cc(OCCCC(C)C)nc(C(C)(C)C)c1. The number of aromatic nitrogens is 1. The zero-order chi connectivity index (χ0) is 15.2. The van der Waals surface area contributed by atoms with Gasteiger partial charge < -0.3 is 10.1 Å². The molecule has 3 nitrogen and oxygen atoms in total. The Morgan fingerprint density at radius 2 is 1.95 bits per heavy atom. The number of hydrogen-bond donors (Lipinski definition) is 1. The van der Waals surface area contributed by atoms with Gasteiger partial charge in [-0.05, 0) is 37.4 Å². The van der Waals surface area contributed by atoms with Crippen LogP contribution in [0.25, 0.3) is 0 Å². The topological polar surface area (TPSA) is 34.1 Å². The standard InChI is InChI=1S/C17H30N2O/c1-13(2)8-7-9-20-16-11-14(12-18-6)10-15(19-16)17(3,4)5/h10-11,13,18H,7-9,12H2,1-6H3. The summed E-state index contributed by atoms with van der Waals surface area (Å²) >= 11 is 0. The first kappa shape index (κ1) is 17.0. The summed E-state index contributed by atoms with van der Waals surface area (Å²) in [6.45, 7) is 12.6. The van der Waals surface area contributed by atoms with Crippen LogP contribution in [0.5, 0.6) is 5.88 Å². The Labute approximate surface area is 124 Å². The van der Waals surface area contributed by atoms with Gasteiger partial charge in [-0.3, -0.25) is 0 Å². The van der Waals surface area contributed by atoms with Crippen molar-refractivity contribution in [3.63, 3.8) is 0 Å². The van der Waals surface area contributed by atoms with E-state index in [1.807, 2.05) is 13.1 Å². The van der Waals surface area contributed by atoms with E-state index in [1.54, 1.807) is 0 Å². The van der Waals surface area contributed by atoms with Crippen molar-refractivity contribution in [3.05, 3.63) is 23.4 Å². The second kappa shape index (κ2) is 7.63. The molecule has 0 bridgehead atoms. The first-order valence-corrected chi connectivity index (χ1v) is 7.61. The van der Waals surface area contributed by atoms with Gasteiger partial charge in [0.05, 0.1) is 12.3 Å². The van der Waals surface area contributed by atoms with Crippen LogP contribution >= 0.6 is 0 Å². The van der Waals surface area contributed by atoms with Gasteiger partial charge in [0.25, 0.3) is 0 Å². The summed E-state index contributed by atoms with van der Waals surface area (Å²) in [7, 11) is 1.96. The second-order valence-corrected chi connectivity index (χ2v) is 6.86. The third-order valence-electron chi connectivity index (χ3n) is 3.19. The maximum atomic E-state index is 5.84. The van der Waals surface area contributed by atoms with Crippen LogP contribution in [0.3, 0.4) is 0 Å². The van der Waals surface area contributed by atoms with Crippen LogP contribution in [-0.2, 0) is 12.0 Å². The molecule has 0 fully saturated rings. The Bertz CT molecular complexity index is 408. The van der Waals surface area contributed by atoms with Crippen LogP contribution < -0.4 is 10.1 Å². The van der Waals surface area contributed by atoms with E-state index in [1.165, 1.54) is 12.0 Å². The minimum absolute atomic E-state index is 0.0415. The molecule has 20 heavy (non-hydrogen) atoms. The molecule has 0 unspecified atom stereocenters. The van der Waals surface area contributed by atoms with E-state index in [0.717, 1.165) is 37.1 Å². The summed E-state index contributed by atoms with van der Waals surface area (Å²) in [5.74, 6) is 1.48. The predicted octanol–water partition coefficient (Wildman–Crippen LogP) is 3.91. The van der Waals surface area contributed by atoms with Gasteiger partial charge in [0.1, 0.15) is 0 Å². The highest BCUT2D eigenvalue weighted by Gasteiger charge is 2.17. The first-order valence-electron chi connectivity index (χ1n) is 7.61. The summed E-state index contributed by atoms with van der Waals surface area (Å²) in [6, 6.07) is 4.21. The third kappa shape index (κ3) is 5.91. The molecule has 0 atom stereocenters. The zero-order valence-corrected chi connectivity index (χ0v) is 13.9. The van der Waals surface area contributed by atoms with Gasteiger partial charge in [0, 0.05) is 18.0 Å². The monoisotopic (exact) mass is 278 g/mol. The molecule has 0 amide bonds. The zero-order valence-electron chi connectivity index (χ0n) is 13.9. The van der Waals surface area contributed by atoms with Crippen molar-refractivity contribution in [2.24, 2.45) is 5.92 Å². The molecular weight excluding hydrogens is 248 g/mol. The molecule has 0 saturated carbocycles. The van der Waals surface area contributed by atoms with Crippen molar-refractivity contribution in [2.45, 2.75) is 59.4 Å². The number of pyridine rings is 1. The van der Waals surface area contributed by atoms with Crippen LogP contribution in [0.4, 0.5) is 0 Å². The molecule has 1 aromatic rings. The van der Waals surface area contributed by atoms with E-state index < -0.39 is 0 Å². The fraction of sp³-hybridized carbons (Fsp3) is 0.706. The molecule has 0 radical (unpaired) electrons. The highest BCUT2D eigenvalue weighted by Crippen LogP contribution is 2.24. The molecule has 3 heteroatoms.